The molecule has 21 nitrogen and oxygen atoms in total. The van der Waals surface area contributed by atoms with Crippen LogP contribution in [0.4, 0.5) is 0 Å². The number of rotatable bonds is 13. The molecule has 0 N–H and O–H groups in total. The quantitative estimate of drug-likeness (QED) is 0.104. The van der Waals surface area contributed by atoms with Gasteiger partial charge in [0.15, 0.2) is 29.1 Å². The minimum atomic E-state index is -0.633. The summed E-state index contributed by atoms with van der Waals surface area (Å²) in [4.78, 5) is 52.7. The SMILES string of the molecule is N#Cc1cc(-c2nc(-c3ccccc3)cc(-c3ccccc3)n2)c(-n2c3cnccc3c3ccncc32)c(C#N)c1-c1ccccc1.N#Cc1cc(C#N)c(-n2c3ccccc3c3cc4c(cc32)-c2ccccc2C42c3ccccc3Oc3ccccc32)cc1-c1nc(-c2ccccc2)cc(-c2ccccc2)n1.N#Cc1cc(C#N)c(-n2c3cnccc3c3ccncc32)c(-c2nc(-c3ccccc3)nc(-c3ccccc3)n2)c1. The molecule has 2 aliphatic rings. The number of hydrogen-bond donors (Lipinski definition) is 0. The average molecular weight is 1910 g/mol. The molecule has 27 rings (SSSR count). The van der Waals surface area contributed by atoms with Crippen molar-refractivity contribution in [1.29, 1.82) is 31.6 Å². The maximum atomic E-state index is 11.0. The Hall–Kier alpha value is -21.8. The Morgan fingerprint density at radius 2 is 0.617 bits per heavy atom. The molecule has 1 spiro atoms. The van der Waals surface area contributed by atoms with Crippen molar-refractivity contribution in [2.75, 3.05) is 0 Å². The monoisotopic (exact) mass is 1900 g/mol. The number of hydrogen-bond acceptors (Lipinski definition) is 18. The molecule has 0 saturated carbocycles. The molecule has 149 heavy (non-hydrogen) atoms. The zero-order chi connectivity index (χ0) is 100. The van der Waals surface area contributed by atoms with Crippen LogP contribution in [0.25, 0.3) is 207 Å². The lowest BCUT2D eigenvalue weighted by Gasteiger charge is -2.39. The van der Waals surface area contributed by atoms with Gasteiger partial charge in [-0.1, -0.05) is 291 Å². The van der Waals surface area contributed by atoms with Gasteiger partial charge in [-0.05, 0) is 125 Å². The second-order valence-corrected chi connectivity index (χ2v) is 35.8. The van der Waals surface area contributed by atoms with Crippen molar-refractivity contribution in [1.82, 2.24) is 68.5 Å². The van der Waals surface area contributed by atoms with Crippen molar-refractivity contribution in [3.63, 3.8) is 0 Å². The average Bonchev–Trinajstić information content (AvgIpc) is 1.47. The molecule has 10 aromatic heterocycles. The van der Waals surface area contributed by atoms with Crippen LogP contribution in [0.1, 0.15) is 55.6 Å². The first kappa shape index (κ1) is 88.6. The van der Waals surface area contributed by atoms with E-state index in [1.54, 1.807) is 67.8 Å². The van der Waals surface area contributed by atoms with E-state index in [1.807, 2.05) is 288 Å². The standard InChI is InChI=1S/C55H31N5O.C40H23N7.C33H18N8/c56-32-36-27-37(33-57)50(29-40(36)54-58-47(34-15-3-1-4-16-34)31-48(59-54)35-17-5-2-6-18-35)60-49-24-12-8-20-39(49)42-28-46-41(30-51(42)60)38-19-7-9-21-43(38)55(46)44-22-10-13-25-52(44)61-53-26-14-11-23-45(53)55;41-22-29-20-32(40-45-34(26-10-4-1-5-11-26)21-35(46-40)27-12-6-2-7-13-27)39(33(23-42)38(29)28-14-8-3-9-15-28)47-36-24-43-18-16-30(36)31-17-19-44-25-37(31)47;34-17-21-15-24(18-35)30(41-28-19-36-13-11-25(28)26-12-14-37-20-29(26)41)27(16-21)33-39-31(22-7-3-1-4-8-22)38-32(40-33)23-9-5-2-6-10-23/h1-31H;1-21,24-25H;1-16,19-20H. The van der Waals surface area contributed by atoms with Crippen LogP contribution in [0.3, 0.4) is 0 Å². The van der Waals surface area contributed by atoms with Gasteiger partial charge in [0.2, 0.25) is 0 Å². The van der Waals surface area contributed by atoms with Crippen molar-refractivity contribution >= 4 is 65.4 Å². The van der Waals surface area contributed by atoms with E-state index in [-0.39, 0.29) is 0 Å². The summed E-state index contributed by atoms with van der Waals surface area (Å²) in [5, 5.41) is 69.3. The molecule has 0 amide bonds. The van der Waals surface area contributed by atoms with Gasteiger partial charge in [0.05, 0.1) is 155 Å². The number of benzene rings is 15. The fourth-order valence-electron chi connectivity index (χ4n) is 21.1. The smallest absolute Gasteiger partial charge is 0.166 e. The molecule has 21 heteroatoms. The highest BCUT2D eigenvalue weighted by Gasteiger charge is 2.51. The maximum absolute atomic E-state index is 11.0. The Morgan fingerprint density at radius 1 is 0.228 bits per heavy atom. The summed E-state index contributed by atoms with van der Waals surface area (Å²) >= 11 is 0. The molecule has 690 valence electrons. The van der Waals surface area contributed by atoms with Crippen molar-refractivity contribution in [2.24, 2.45) is 0 Å². The van der Waals surface area contributed by atoms with Crippen LogP contribution >= 0.6 is 0 Å². The van der Waals surface area contributed by atoms with Gasteiger partial charge in [-0.25, -0.2) is 34.9 Å². The number of fused-ring (bicyclic) bond motifs is 18. The molecule has 0 radical (unpaired) electrons. The molecule has 1 aliphatic carbocycles. The molecule has 0 unspecified atom stereocenters. The van der Waals surface area contributed by atoms with Crippen LogP contribution in [0.15, 0.2) is 438 Å². The van der Waals surface area contributed by atoms with Crippen molar-refractivity contribution < 1.29 is 4.74 Å². The minimum absolute atomic E-state index is 0.300. The zero-order valence-electron chi connectivity index (χ0n) is 78.9. The normalized spacial score (nSPS) is 11.7. The predicted octanol–water partition coefficient (Wildman–Crippen LogP) is 28.1. The van der Waals surface area contributed by atoms with Crippen LogP contribution < -0.4 is 4.74 Å². The van der Waals surface area contributed by atoms with Crippen molar-refractivity contribution in [3.05, 3.63) is 493 Å². The predicted molar refractivity (Wildman–Crippen MR) is 578 cm³/mol. The van der Waals surface area contributed by atoms with E-state index >= 15 is 0 Å². The van der Waals surface area contributed by atoms with E-state index in [0.29, 0.717) is 102 Å². The van der Waals surface area contributed by atoms with Crippen LogP contribution in [0, 0.1) is 68.0 Å². The third kappa shape index (κ3) is 15.2. The molecule has 0 atom stereocenters. The van der Waals surface area contributed by atoms with Gasteiger partial charge in [0, 0.05) is 124 Å². The molecule has 25 aromatic rings. The maximum Gasteiger partial charge on any atom is 0.166 e. The zero-order valence-corrected chi connectivity index (χ0v) is 78.9. The summed E-state index contributed by atoms with van der Waals surface area (Å²) in [5.41, 5.74) is 26.1. The molecule has 1 aliphatic heterocycles. The fraction of sp³-hybridized carbons (Fsp3) is 0.00781. The first-order valence-corrected chi connectivity index (χ1v) is 48.0. The van der Waals surface area contributed by atoms with E-state index in [1.165, 1.54) is 11.1 Å². The van der Waals surface area contributed by atoms with Crippen LogP contribution in [0.5, 0.6) is 11.5 Å². The van der Waals surface area contributed by atoms with Gasteiger partial charge in [0.1, 0.15) is 29.7 Å². The summed E-state index contributed by atoms with van der Waals surface area (Å²) in [6, 6.07) is 142. The molecule has 0 saturated heterocycles. The summed E-state index contributed by atoms with van der Waals surface area (Å²) in [6.45, 7) is 0. The fourth-order valence-corrected chi connectivity index (χ4v) is 21.1. The number of ether oxygens (including phenoxy) is 1. The van der Waals surface area contributed by atoms with Crippen molar-refractivity contribution in [3.8, 4) is 189 Å². The lowest BCUT2D eigenvalue weighted by atomic mass is 9.66. The largest absolute Gasteiger partial charge is 0.457 e. The van der Waals surface area contributed by atoms with E-state index in [2.05, 4.69) is 152 Å². The first-order chi connectivity index (χ1) is 73.6. The van der Waals surface area contributed by atoms with Gasteiger partial charge in [-0.3, -0.25) is 19.9 Å². The molecule has 15 aromatic carbocycles. The highest BCUT2D eigenvalue weighted by molar-refractivity contribution is 6.14. The molecular weight excluding hydrogens is 1830 g/mol. The molecular formula is C128H72N20O. The van der Waals surface area contributed by atoms with E-state index in [4.69, 9.17) is 39.6 Å². The second kappa shape index (κ2) is 37.3. The number of para-hydroxylation sites is 3. The van der Waals surface area contributed by atoms with Gasteiger partial charge in [0.25, 0.3) is 0 Å². The molecule has 0 fully saturated rings. The second-order valence-electron chi connectivity index (χ2n) is 35.8. The van der Waals surface area contributed by atoms with Gasteiger partial charge in [-0.2, -0.15) is 31.6 Å². The Labute approximate surface area is 852 Å². The Bertz CT molecular complexity index is 9710. The third-order valence-corrected chi connectivity index (χ3v) is 27.6. The van der Waals surface area contributed by atoms with Gasteiger partial charge < -0.3 is 18.4 Å². The van der Waals surface area contributed by atoms with Crippen LogP contribution in [0.2, 0.25) is 0 Å². The summed E-state index contributed by atoms with van der Waals surface area (Å²) in [5.74, 6) is 3.75. The summed E-state index contributed by atoms with van der Waals surface area (Å²) < 4.78 is 12.7. The molecule has 11 heterocycles. The number of nitrogens with zero attached hydrogens (tertiary/aromatic N) is 20. The Kier molecular flexibility index (Phi) is 22.2. The van der Waals surface area contributed by atoms with Gasteiger partial charge in [-0.15, -0.1) is 0 Å². The van der Waals surface area contributed by atoms with E-state index < -0.39 is 5.41 Å². The molecule has 0 bridgehead atoms. The lowest BCUT2D eigenvalue weighted by molar-refractivity contribution is 0.436. The minimum Gasteiger partial charge on any atom is -0.457 e. The van der Waals surface area contributed by atoms with Crippen LogP contribution in [-0.2, 0) is 5.41 Å². The topological polar surface area (TPSA) is 309 Å². The van der Waals surface area contributed by atoms with E-state index in [9.17, 15) is 31.6 Å². The third-order valence-electron chi connectivity index (χ3n) is 27.6. The van der Waals surface area contributed by atoms with Crippen molar-refractivity contribution in [2.45, 2.75) is 5.41 Å². The van der Waals surface area contributed by atoms with Gasteiger partial charge >= 0.3 is 0 Å². The number of nitriles is 6. The van der Waals surface area contributed by atoms with Crippen LogP contribution in [-0.4, -0.2) is 68.5 Å². The Morgan fingerprint density at radius 3 is 1.08 bits per heavy atom. The number of aromatic nitrogens is 14. The Balaban J connectivity index is 0.000000119. The van der Waals surface area contributed by atoms with E-state index in [0.717, 1.165) is 161 Å². The number of pyridine rings is 4. The highest BCUT2D eigenvalue weighted by atomic mass is 16.5. The highest BCUT2D eigenvalue weighted by Crippen LogP contribution is 2.63. The summed E-state index contributed by atoms with van der Waals surface area (Å²) in [7, 11) is 0. The summed E-state index contributed by atoms with van der Waals surface area (Å²) in [6.07, 6.45) is 14.1. The lowest BCUT2D eigenvalue weighted by Crippen LogP contribution is -2.32. The first-order valence-electron chi connectivity index (χ1n) is 48.0.